The van der Waals surface area contributed by atoms with Crippen molar-refractivity contribution in [3.05, 3.63) is 78.1 Å². The summed E-state index contributed by atoms with van der Waals surface area (Å²) in [6.07, 6.45) is -1.37. The SMILES string of the molecule is NC[C@]1(F)CCCN(c2c(-c3cn(-c4ccnnc4)nc3C(N)=O)ccc(Oc3ccccc3F)c2C(F)(F)F)C1.O=C(O)CCC(=O)O. The molecule has 3 heterocycles. The molecule has 1 saturated heterocycles. The summed E-state index contributed by atoms with van der Waals surface area (Å²) in [6.45, 7) is -0.832. The maximum absolute atomic E-state index is 15.5. The second-order valence-electron chi connectivity index (χ2n) is 10.8. The van der Waals surface area contributed by atoms with E-state index in [1.165, 1.54) is 58.5 Å². The number of hydrogen-bond acceptors (Lipinski definition) is 9. The second-order valence-corrected chi connectivity index (χ2v) is 10.8. The van der Waals surface area contributed by atoms with Gasteiger partial charge in [0.2, 0.25) is 0 Å². The van der Waals surface area contributed by atoms with E-state index in [4.69, 9.17) is 26.4 Å². The highest BCUT2D eigenvalue weighted by atomic mass is 19.4. The van der Waals surface area contributed by atoms with Crippen LogP contribution >= 0.6 is 0 Å². The number of piperidine rings is 1. The summed E-state index contributed by atoms with van der Waals surface area (Å²) in [7, 11) is 0. The summed E-state index contributed by atoms with van der Waals surface area (Å²) in [6, 6.07) is 8.81. The molecule has 260 valence electrons. The first-order chi connectivity index (χ1) is 23.1. The van der Waals surface area contributed by atoms with E-state index >= 15 is 4.39 Å². The second kappa shape index (κ2) is 15.1. The van der Waals surface area contributed by atoms with E-state index < -0.39 is 71.3 Å². The molecular formula is C31H30F5N7O6. The van der Waals surface area contributed by atoms with Crippen LogP contribution in [-0.4, -0.2) is 73.3 Å². The number of primary amides is 1. The van der Waals surface area contributed by atoms with Crippen molar-refractivity contribution >= 4 is 23.5 Å². The Morgan fingerprint density at radius 1 is 0.980 bits per heavy atom. The number of aromatic nitrogens is 4. The smallest absolute Gasteiger partial charge is 0.422 e. The molecule has 0 radical (unpaired) electrons. The molecular weight excluding hydrogens is 661 g/mol. The van der Waals surface area contributed by atoms with Crippen molar-refractivity contribution in [3.8, 4) is 28.3 Å². The van der Waals surface area contributed by atoms with E-state index in [0.29, 0.717) is 5.69 Å². The largest absolute Gasteiger partial charge is 0.481 e. The van der Waals surface area contributed by atoms with Crippen LogP contribution < -0.4 is 21.1 Å². The molecule has 13 nitrogen and oxygen atoms in total. The molecule has 1 amide bonds. The lowest BCUT2D eigenvalue weighted by atomic mass is 9.91. The number of rotatable bonds is 10. The van der Waals surface area contributed by atoms with Gasteiger partial charge < -0.3 is 31.3 Å². The molecule has 4 aromatic rings. The minimum absolute atomic E-state index is 0.0409. The molecule has 0 spiro atoms. The fourth-order valence-corrected chi connectivity index (χ4v) is 5.09. The quantitative estimate of drug-likeness (QED) is 0.170. The zero-order valence-corrected chi connectivity index (χ0v) is 25.5. The minimum atomic E-state index is -5.05. The third-order valence-electron chi connectivity index (χ3n) is 7.31. The number of hydrogen-bond donors (Lipinski definition) is 4. The highest BCUT2D eigenvalue weighted by Crippen LogP contribution is 2.50. The van der Waals surface area contributed by atoms with E-state index in [1.54, 1.807) is 0 Å². The van der Waals surface area contributed by atoms with E-state index in [1.807, 2.05) is 0 Å². The van der Waals surface area contributed by atoms with Crippen molar-refractivity contribution in [1.29, 1.82) is 0 Å². The summed E-state index contributed by atoms with van der Waals surface area (Å²) in [5.41, 5.74) is 7.38. The number of carboxylic acid groups (broad SMARTS) is 2. The molecule has 49 heavy (non-hydrogen) atoms. The summed E-state index contributed by atoms with van der Waals surface area (Å²) >= 11 is 0. The van der Waals surface area contributed by atoms with Crippen molar-refractivity contribution in [2.45, 2.75) is 37.5 Å². The molecule has 0 aliphatic carbocycles. The van der Waals surface area contributed by atoms with E-state index in [9.17, 15) is 31.9 Å². The number of para-hydroxylation sites is 1. The predicted octanol–water partition coefficient (Wildman–Crippen LogP) is 4.58. The highest BCUT2D eigenvalue weighted by molar-refractivity contribution is 6.00. The van der Waals surface area contributed by atoms with Crippen molar-refractivity contribution in [1.82, 2.24) is 20.0 Å². The number of anilines is 1. The Morgan fingerprint density at radius 3 is 2.24 bits per heavy atom. The Bertz CT molecular complexity index is 1810. The first kappa shape index (κ1) is 36.2. The summed E-state index contributed by atoms with van der Waals surface area (Å²) in [5.74, 6) is -5.19. The van der Waals surface area contributed by atoms with Gasteiger partial charge in [0.25, 0.3) is 5.91 Å². The van der Waals surface area contributed by atoms with Crippen LogP contribution in [0.2, 0.25) is 0 Å². The van der Waals surface area contributed by atoms with Crippen LogP contribution in [0.5, 0.6) is 11.5 Å². The standard InChI is InChI=1S/C27H24F5N7O2.C4H6O4/c28-19-4-1-2-5-20(19)41-21-7-6-17(18-13-39(37-23(18)25(34)40)16-8-10-35-36-12-16)24(22(21)27(30,31)32)38-11-3-9-26(29,14-33)15-38;5-3(6)1-2-4(7)8/h1-2,4-8,10,12-13H,3,9,11,14-15,33H2,(H2,34,40);1-2H2,(H,5,6)(H,7,8)/t26-;/m1./s1. The molecule has 5 rings (SSSR count). The van der Waals surface area contributed by atoms with Crippen molar-refractivity contribution < 1.29 is 51.3 Å². The van der Waals surface area contributed by atoms with Gasteiger partial charge >= 0.3 is 18.1 Å². The lowest BCUT2D eigenvalue weighted by Gasteiger charge is -2.40. The van der Waals surface area contributed by atoms with Crippen LogP contribution in [0.15, 0.2) is 61.1 Å². The molecule has 1 fully saturated rings. The number of aliphatic carboxylic acids is 2. The lowest BCUT2D eigenvalue weighted by Crippen LogP contribution is -2.50. The normalized spacial score (nSPS) is 16.0. The van der Waals surface area contributed by atoms with Gasteiger partial charge in [0.05, 0.1) is 43.2 Å². The fourth-order valence-electron chi connectivity index (χ4n) is 5.09. The van der Waals surface area contributed by atoms with Crippen molar-refractivity contribution in [2.75, 3.05) is 24.5 Å². The van der Waals surface area contributed by atoms with Gasteiger partial charge in [0.1, 0.15) is 17.0 Å². The van der Waals surface area contributed by atoms with Gasteiger partial charge in [-0.05, 0) is 43.2 Å². The fraction of sp³-hybridized carbons (Fsp3) is 0.290. The number of carboxylic acids is 2. The summed E-state index contributed by atoms with van der Waals surface area (Å²) < 4.78 is 81.3. The maximum Gasteiger partial charge on any atom is 0.422 e. The van der Waals surface area contributed by atoms with Gasteiger partial charge in [0, 0.05) is 30.4 Å². The Morgan fingerprint density at radius 2 is 1.67 bits per heavy atom. The third kappa shape index (κ3) is 8.83. The van der Waals surface area contributed by atoms with Gasteiger partial charge in [-0.25, -0.2) is 13.5 Å². The zero-order valence-electron chi connectivity index (χ0n) is 25.5. The van der Waals surface area contributed by atoms with E-state index in [2.05, 4.69) is 15.3 Å². The molecule has 2 aromatic heterocycles. The first-order valence-electron chi connectivity index (χ1n) is 14.5. The number of halogens is 5. The first-order valence-corrected chi connectivity index (χ1v) is 14.5. The van der Waals surface area contributed by atoms with Crippen LogP contribution in [-0.2, 0) is 15.8 Å². The van der Waals surface area contributed by atoms with Crippen molar-refractivity contribution in [3.63, 3.8) is 0 Å². The Labute approximate surface area is 274 Å². The number of ether oxygens (including phenoxy) is 1. The number of carbonyl (C=O) groups excluding carboxylic acids is 1. The number of nitrogens with zero attached hydrogens (tertiary/aromatic N) is 5. The van der Waals surface area contributed by atoms with Crippen LogP contribution in [0.25, 0.3) is 16.8 Å². The Kier molecular flexibility index (Phi) is 11.1. The molecule has 6 N–H and O–H groups in total. The highest BCUT2D eigenvalue weighted by Gasteiger charge is 2.44. The number of carbonyl (C=O) groups is 3. The third-order valence-corrected chi connectivity index (χ3v) is 7.31. The van der Waals surface area contributed by atoms with Crippen molar-refractivity contribution in [2.24, 2.45) is 11.5 Å². The summed E-state index contributed by atoms with van der Waals surface area (Å²) in [4.78, 5) is 32.9. The maximum atomic E-state index is 15.5. The zero-order chi connectivity index (χ0) is 35.9. The number of alkyl halides is 4. The number of nitrogens with two attached hydrogens (primary N) is 2. The Balaban J connectivity index is 0.000000603. The molecule has 0 unspecified atom stereocenters. The molecule has 1 aliphatic rings. The minimum Gasteiger partial charge on any atom is -0.481 e. The van der Waals surface area contributed by atoms with Gasteiger partial charge in [-0.1, -0.05) is 12.1 Å². The van der Waals surface area contributed by atoms with Crippen LogP contribution in [0.1, 0.15) is 41.7 Å². The molecule has 18 heteroatoms. The number of benzene rings is 2. The average molecular weight is 692 g/mol. The predicted molar refractivity (Wildman–Crippen MR) is 163 cm³/mol. The van der Waals surface area contributed by atoms with Crippen LogP contribution in [0.3, 0.4) is 0 Å². The molecule has 1 aliphatic heterocycles. The molecule has 0 saturated carbocycles. The average Bonchev–Trinajstić information content (AvgIpc) is 3.51. The molecule has 2 aromatic carbocycles. The monoisotopic (exact) mass is 691 g/mol. The molecule has 1 atom stereocenters. The van der Waals surface area contributed by atoms with Gasteiger partial charge in [-0.2, -0.15) is 28.5 Å². The van der Waals surface area contributed by atoms with Crippen LogP contribution in [0.4, 0.5) is 27.6 Å². The Hall–Kier alpha value is -5.65. The van der Waals surface area contributed by atoms with E-state index in [0.717, 1.165) is 12.1 Å². The lowest BCUT2D eigenvalue weighted by molar-refractivity contribution is -0.143. The van der Waals surface area contributed by atoms with Crippen LogP contribution in [0, 0.1) is 5.82 Å². The topological polar surface area (TPSA) is 200 Å². The van der Waals surface area contributed by atoms with E-state index in [-0.39, 0.29) is 49.0 Å². The van der Waals surface area contributed by atoms with Gasteiger partial charge in [-0.3, -0.25) is 14.4 Å². The van der Waals surface area contributed by atoms with Gasteiger partial charge in [-0.15, -0.1) is 0 Å². The molecule has 0 bridgehead atoms. The number of amides is 1. The summed E-state index contributed by atoms with van der Waals surface area (Å²) in [5, 5.41) is 27.4. The van der Waals surface area contributed by atoms with Gasteiger partial charge in [0.15, 0.2) is 17.3 Å².